The molecule has 0 saturated carbocycles. The summed E-state index contributed by atoms with van der Waals surface area (Å²) in [6.45, 7) is 2.97. The minimum Gasteiger partial charge on any atom is -0.326 e. The summed E-state index contributed by atoms with van der Waals surface area (Å²) in [5, 5.41) is 2.09. The number of hydrogen-bond donors (Lipinski definition) is 1. The Morgan fingerprint density at radius 3 is 2.79 bits per heavy atom. The molecule has 2 heterocycles. The van der Waals surface area contributed by atoms with Crippen molar-refractivity contribution >= 4 is 38.6 Å². The maximum absolute atomic E-state index is 6.32. The van der Waals surface area contributed by atoms with Gasteiger partial charge < -0.3 is 5.73 Å². The number of hydrogen-bond acceptors (Lipinski definition) is 5. The van der Waals surface area contributed by atoms with Crippen molar-refractivity contribution in [2.45, 2.75) is 32.0 Å². The molecule has 0 radical (unpaired) electrons. The molecule has 0 aliphatic heterocycles. The highest BCUT2D eigenvalue weighted by atomic mass is 79.9. The summed E-state index contributed by atoms with van der Waals surface area (Å²) in [6.07, 6.45) is 0.960. The summed E-state index contributed by atoms with van der Waals surface area (Å²) in [5.74, 6) is 0. The molecule has 2 aromatic heterocycles. The average molecular weight is 360 g/mol. The molecule has 0 aromatic carbocycles. The summed E-state index contributed by atoms with van der Waals surface area (Å²) in [4.78, 5) is 7.95. The van der Waals surface area contributed by atoms with E-state index in [1.54, 1.807) is 22.7 Å². The van der Waals surface area contributed by atoms with Crippen molar-refractivity contribution in [1.29, 1.82) is 0 Å². The number of aromatic nitrogens is 1. The molecule has 104 valence electrons. The largest absolute Gasteiger partial charge is 0.326 e. The lowest BCUT2D eigenvalue weighted by atomic mass is 10.0. The smallest absolute Gasteiger partial charge is 0.0795 e. The SMILES string of the molecule is CCC(N)C(c1ccc(Br)s1)N(C)Cc1cscn1. The second-order valence-corrected chi connectivity index (χ2v) is 7.77. The molecule has 3 nitrogen and oxygen atoms in total. The summed E-state index contributed by atoms with van der Waals surface area (Å²) in [7, 11) is 2.12. The van der Waals surface area contributed by atoms with Gasteiger partial charge in [-0.05, 0) is 41.5 Å². The molecular weight excluding hydrogens is 342 g/mol. The Kier molecular flexibility index (Phi) is 5.53. The predicted octanol–water partition coefficient (Wildman–Crippen LogP) is 3.88. The summed E-state index contributed by atoms with van der Waals surface area (Å²) < 4.78 is 1.15. The molecule has 6 heteroatoms. The van der Waals surface area contributed by atoms with Crippen molar-refractivity contribution in [2.24, 2.45) is 5.73 Å². The van der Waals surface area contributed by atoms with Crippen molar-refractivity contribution in [3.63, 3.8) is 0 Å². The highest BCUT2D eigenvalue weighted by Gasteiger charge is 2.25. The third kappa shape index (κ3) is 3.86. The van der Waals surface area contributed by atoms with Crippen LogP contribution in [0.5, 0.6) is 0 Å². The zero-order valence-corrected chi connectivity index (χ0v) is 14.3. The van der Waals surface area contributed by atoms with Crippen LogP contribution in [0.15, 0.2) is 26.8 Å². The van der Waals surface area contributed by atoms with Crippen molar-refractivity contribution in [2.75, 3.05) is 7.05 Å². The van der Waals surface area contributed by atoms with Crippen LogP contribution in [0.2, 0.25) is 0 Å². The fourth-order valence-corrected chi connectivity index (χ4v) is 4.35. The fraction of sp³-hybridized carbons (Fsp3) is 0.462. The standard InChI is InChI=1S/C13H18BrN3S2/c1-3-10(15)13(11-4-5-12(14)19-11)17(2)6-9-7-18-8-16-9/h4-5,7-8,10,13H,3,6,15H2,1-2H3. The van der Waals surface area contributed by atoms with E-state index in [9.17, 15) is 0 Å². The third-order valence-corrected chi connectivity index (χ3v) is 5.46. The lowest BCUT2D eigenvalue weighted by molar-refractivity contribution is 0.203. The molecule has 0 spiro atoms. The summed E-state index contributed by atoms with van der Waals surface area (Å²) in [6, 6.07) is 4.62. The van der Waals surface area contributed by atoms with Gasteiger partial charge >= 0.3 is 0 Å². The normalized spacial score (nSPS) is 14.8. The highest BCUT2D eigenvalue weighted by molar-refractivity contribution is 9.11. The zero-order valence-electron chi connectivity index (χ0n) is 11.0. The molecule has 0 aliphatic rings. The van der Waals surface area contributed by atoms with Crippen molar-refractivity contribution in [3.05, 3.63) is 37.4 Å². The molecular formula is C13H18BrN3S2. The molecule has 0 fully saturated rings. The number of thiazole rings is 1. The van der Waals surface area contributed by atoms with Crippen LogP contribution in [0.3, 0.4) is 0 Å². The van der Waals surface area contributed by atoms with Gasteiger partial charge in [-0.3, -0.25) is 4.90 Å². The lowest BCUT2D eigenvalue weighted by Gasteiger charge is -2.31. The number of thiophene rings is 1. The van der Waals surface area contributed by atoms with Gasteiger partial charge in [0.15, 0.2) is 0 Å². The van der Waals surface area contributed by atoms with Crippen LogP contribution in [0.25, 0.3) is 0 Å². The zero-order chi connectivity index (χ0) is 13.8. The molecule has 2 aromatic rings. The van der Waals surface area contributed by atoms with Crippen LogP contribution >= 0.6 is 38.6 Å². The van der Waals surface area contributed by atoms with Crippen LogP contribution < -0.4 is 5.73 Å². The van der Waals surface area contributed by atoms with E-state index < -0.39 is 0 Å². The van der Waals surface area contributed by atoms with Crippen LogP contribution in [-0.4, -0.2) is 23.0 Å². The van der Waals surface area contributed by atoms with Crippen LogP contribution in [0.4, 0.5) is 0 Å². The molecule has 19 heavy (non-hydrogen) atoms. The molecule has 2 rings (SSSR count). The monoisotopic (exact) mass is 359 g/mol. The third-order valence-electron chi connectivity index (χ3n) is 3.13. The summed E-state index contributed by atoms with van der Waals surface area (Å²) in [5.41, 5.74) is 9.30. The Hall–Kier alpha value is -0.270. The minimum absolute atomic E-state index is 0.134. The predicted molar refractivity (Wildman–Crippen MR) is 86.6 cm³/mol. The van der Waals surface area contributed by atoms with Gasteiger partial charge in [0.25, 0.3) is 0 Å². The molecule has 2 atom stereocenters. The number of nitrogens with zero attached hydrogens (tertiary/aromatic N) is 2. The Morgan fingerprint density at radius 1 is 1.47 bits per heavy atom. The quantitative estimate of drug-likeness (QED) is 0.850. The lowest BCUT2D eigenvalue weighted by Crippen LogP contribution is -2.38. The van der Waals surface area contributed by atoms with Crippen molar-refractivity contribution < 1.29 is 0 Å². The minimum atomic E-state index is 0.134. The first-order chi connectivity index (χ1) is 9.11. The van der Waals surface area contributed by atoms with Gasteiger partial charge in [0.2, 0.25) is 0 Å². The maximum atomic E-state index is 6.32. The maximum Gasteiger partial charge on any atom is 0.0795 e. The molecule has 0 bridgehead atoms. The molecule has 0 amide bonds. The Balaban J connectivity index is 2.17. The van der Waals surface area contributed by atoms with E-state index in [4.69, 9.17) is 5.73 Å². The number of halogens is 1. The molecule has 0 saturated heterocycles. The van der Waals surface area contributed by atoms with E-state index in [-0.39, 0.29) is 12.1 Å². The van der Waals surface area contributed by atoms with Gasteiger partial charge in [0.05, 0.1) is 21.0 Å². The Bertz CT molecular complexity index is 498. The molecule has 0 aliphatic carbocycles. The number of likely N-dealkylation sites (N-methyl/N-ethyl adjacent to an activating group) is 1. The average Bonchev–Trinajstić information content (AvgIpc) is 3.01. The van der Waals surface area contributed by atoms with Gasteiger partial charge in [-0.2, -0.15) is 0 Å². The number of nitrogens with two attached hydrogens (primary N) is 1. The van der Waals surface area contributed by atoms with Crippen LogP contribution in [0, 0.1) is 0 Å². The fourth-order valence-electron chi connectivity index (χ4n) is 2.14. The summed E-state index contributed by atoms with van der Waals surface area (Å²) >= 11 is 6.92. The Morgan fingerprint density at radius 2 is 2.26 bits per heavy atom. The Labute approximate surface area is 130 Å². The van der Waals surface area contributed by atoms with Gasteiger partial charge in [0, 0.05) is 22.8 Å². The van der Waals surface area contributed by atoms with E-state index in [0.29, 0.717) is 0 Å². The molecule has 2 unspecified atom stereocenters. The second kappa shape index (κ2) is 6.95. The van der Waals surface area contributed by atoms with E-state index in [2.05, 4.69) is 57.3 Å². The van der Waals surface area contributed by atoms with E-state index in [1.165, 1.54) is 4.88 Å². The first kappa shape index (κ1) is 15.1. The molecule has 2 N–H and O–H groups in total. The van der Waals surface area contributed by atoms with Crippen LogP contribution in [-0.2, 0) is 6.54 Å². The van der Waals surface area contributed by atoms with Gasteiger partial charge in [-0.25, -0.2) is 4.98 Å². The van der Waals surface area contributed by atoms with Crippen LogP contribution in [0.1, 0.15) is 30.0 Å². The first-order valence-corrected chi connectivity index (χ1v) is 8.75. The van der Waals surface area contributed by atoms with Crippen molar-refractivity contribution in [3.8, 4) is 0 Å². The van der Waals surface area contributed by atoms with E-state index in [1.807, 2.05) is 5.51 Å². The van der Waals surface area contributed by atoms with Crippen molar-refractivity contribution in [1.82, 2.24) is 9.88 Å². The van der Waals surface area contributed by atoms with Gasteiger partial charge in [0.1, 0.15) is 0 Å². The number of rotatable bonds is 6. The van der Waals surface area contributed by atoms with Gasteiger partial charge in [-0.1, -0.05) is 6.92 Å². The first-order valence-electron chi connectivity index (χ1n) is 6.20. The topological polar surface area (TPSA) is 42.1 Å². The van der Waals surface area contributed by atoms with Gasteiger partial charge in [-0.15, -0.1) is 22.7 Å². The van der Waals surface area contributed by atoms with E-state index >= 15 is 0 Å². The second-order valence-electron chi connectivity index (χ2n) is 4.55. The van der Waals surface area contributed by atoms with E-state index in [0.717, 1.165) is 22.4 Å². The highest BCUT2D eigenvalue weighted by Crippen LogP contribution is 2.33.